The molecule has 2 atom stereocenters. The first kappa shape index (κ1) is 8.45. The van der Waals surface area contributed by atoms with Crippen LogP contribution in [0.3, 0.4) is 0 Å². The quantitative estimate of drug-likeness (QED) is 0.656. The SMILES string of the molecule is N[C@H]1c2ccccc2CC[C@H]1C=O. The topological polar surface area (TPSA) is 43.1 Å². The van der Waals surface area contributed by atoms with E-state index in [4.69, 9.17) is 5.73 Å². The number of rotatable bonds is 1. The molecule has 2 rings (SSSR count). The minimum Gasteiger partial charge on any atom is -0.323 e. The highest BCUT2D eigenvalue weighted by molar-refractivity contribution is 5.57. The molecule has 0 spiro atoms. The van der Waals surface area contributed by atoms with Crippen LogP contribution in [0.1, 0.15) is 23.6 Å². The third-order valence-corrected chi connectivity index (χ3v) is 2.80. The maximum absolute atomic E-state index is 10.7. The zero-order chi connectivity index (χ0) is 9.26. The molecule has 0 heterocycles. The van der Waals surface area contributed by atoms with Crippen LogP contribution in [0.25, 0.3) is 0 Å². The lowest BCUT2D eigenvalue weighted by Crippen LogP contribution is -2.28. The first-order valence-electron chi connectivity index (χ1n) is 4.61. The molecule has 2 N–H and O–H groups in total. The lowest BCUT2D eigenvalue weighted by atomic mass is 9.81. The molecule has 1 aliphatic carbocycles. The Morgan fingerprint density at radius 3 is 2.92 bits per heavy atom. The number of hydrogen-bond donors (Lipinski definition) is 1. The summed E-state index contributed by atoms with van der Waals surface area (Å²) in [5.74, 6) is 0.00917. The molecule has 2 heteroatoms. The fourth-order valence-electron chi connectivity index (χ4n) is 1.97. The van der Waals surface area contributed by atoms with Crippen molar-refractivity contribution in [2.45, 2.75) is 18.9 Å². The highest BCUT2D eigenvalue weighted by atomic mass is 16.1. The van der Waals surface area contributed by atoms with Crippen LogP contribution < -0.4 is 5.73 Å². The van der Waals surface area contributed by atoms with E-state index in [-0.39, 0.29) is 12.0 Å². The van der Waals surface area contributed by atoms with Gasteiger partial charge in [0.1, 0.15) is 6.29 Å². The molecule has 0 aliphatic heterocycles. The van der Waals surface area contributed by atoms with E-state index in [2.05, 4.69) is 6.07 Å². The lowest BCUT2D eigenvalue weighted by molar-refractivity contribution is -0.112. The summed E-state index contributed by atoms with van der Waals surface area (Å²) in [5.41, 5.74) is 8.41. The molecule has 0 saturated heterocycles. The van der Waals surface area contributed by atoms with Crippen LogP contribution in [0.2, 0.25) is 0 Å². The van der Waals surface area contributed by atoms with Crippen LogP contribution in [0.15, 0.2) is 24.3 Å². The summed E-state index contributed by atoms with van der Waals surface area (Å²) in [7, 11) is 0. The molecule has 0 aromatic heterocycles. The first-order chi connectivity index (χ1) is 6.33. The van der Waals surface area contributed by atoms with E-state index in [0.29, 0.717) is 0 Å². The molecule has 13 heavy (non-hydrogen) atoms. The molecular formula is C11H13NO. The molecule has 0 bridgehead atoms. The van der Waals surface area contributed by atoms with E-state index in [1.165, 1.54) is 5.56 Å². The number of hydrogen-bond acceptors (Lipinski definition) is 2. The molecule has 0 saturated carbocycles. The number of nitrogens with two attached hydrogens (primary N) is 1. The normalized spacial score (nSPS) is 26.5. The molecule has 1 aromatic rings. The molecule has 0 amide bonds. The van der Waals surface area contributed by atoms with E-state index < -0.39 is 0 Å². The smallest absolute Gasteiger partial charge is 0.124 e. The zero-order valence-corrected chi connectivity index (χ0v) is 7.44. The van der Waals surface area contributed by atoms with Crippen LogP contribution in [-0.2, 0) is 11.2 Å². The van der Waals surface area contributed by atoms with Crippen LogP contribution >= 0.6 is 0 Å². The van der Waals surface area contributed by atoms with Gasteiger partial charge in [0, 0.05) is 12.0 Å². The summed E-state index contributed by atoms with van der Waals surface area (Å²) in [6.07, 6.45) is 2.86. The highest BCUT2D eigenvalue weighted by Gasteiger charge is 2.25. The fraction of sp³-hybridized carbons (Fsp3) is 0.364. The fourth-order valence-corrected chi connectivity index (χ4v) is 1.97. The summed E-state index contributed by atoms with van der Waals surface area (Å²) in [4.78, 5) is 10.7. The lowest BCUT2D eigenvalue weighted by Gasteiger charge is -2.27. The first-order valence-corrected chi connectivity index (χ1v) is 4.61. The number of fused-ring (bicyclic) bond motifs is 1. The average molecular weight is 175 g/mol. The Morgan fingerprint density at radius 2 is 2.15 bits per heavy atom. The van der Waals surface area contributed by atoms with E-state index in [0.717, 1.165) is 24.7 Å². The number of carbonyl (C=O) groups excluding carboxylic acids is 1. The number of aldehydes is 1. The van der Waals surface area contributed by atoms with Crippen molar-refractivity contribution in [2.24, 2.45) is 11.7 Å². The van der Waals surface area contributed by atoms with Gasteiger partial charge in [0.15, 0.2) is 0 Å². The van der Waals surface area contributed by atoms with Crippen LogP contribution in [0.4, 0.5) is 0 Å². The second-order valence-corrected chi connectivity index (χ2v) is 3.56. The monoisotopic (exact) mass is 175 g/mol. The van der Waals surface area contributed by atoms with Crippen molar-refractivity contribution in [2.75, 3.05) is 0 Å². The minimum absolute atomic E-state index is 0.00917. The Balaban J connectivity index is 2.38. The van der Waals surface area contributed by atoms with Crippen molar-refractivity contribution in [3.8, 4) is 0 Å². The van der Waals surface area contributed by atoms with Crippen molar-refractivity contribution in [1.82, 2.24) is 0 Å². The van der Waals surface area contributed by atoms with Crippen LogP contribution in [-0.4, -0.2) is 6.29 Å². The molecule has 0 radical (unpaired) electrons. The second kappa shape index (κ2) is 3.30. The Labute approximate surface area is 77.8 Å². The molecule has 68 valence electrons. The average Bonchev–Trinajstić information content (AvgIpc) is 2.19. The maximum atomic E-state index is 10.7. The second-order valence-electron chi connectivity index (χ2n) is 3.56. The van der Waals surface area contributed by atoms with Crippen molar-refractivity contribution in [3.05, 3.63) is 35.4 Å². The summed E-state index contributed by atoms with van der Waals surface area (Å²) in [6.45, 7) is 0. The molecule has 0 fully saturated rings. The van der Waals surface area contributed by atoms with Gasteiger partial charge in [-0.3, -0.25) is 0 Å². The van der Waals surface area contributed by atoms with Gasteiger partial charge >= 0.3 is 0 Å². The van der Waals surface area contributed by atoms with Gasteiger partial charge < -0.3 is 10.5 Å². The van der Waals surface area contributed by atoms with Gasteiger partial charge in [0.25, 0.3) is 0 Å². The molecular weight excluding hydrogens is 162 g/mol. The van der Waals surface area contributed by atoms with Gasteiger partial charge in [-0.05, 0) is 24.0 Å². The summed E-state index contributed by atoms with van der Waals surface area (Å²) in [5, 5.41) is 0. The van der Waals surface area contributed by atoms with E-state index in [1.54, 1.807) is 0 Å². The number of benzene rings is 1. The minimum atomic E-state index is -0.0950. The maximum Gasteiger partial charge on any atom is 0.124 e. The Hall–Kier alpha value is -1.15. The van der Waals surface area contributed by atoms with Gasteiger partial charge in [-0.2, -0.15) is 0 Å². The molecule has 1 aromatic carbocycles. The molecule has 0 unspecified atom stereocenters. The van der Waals surface area contributed by atoms with Gasteiger partial charge in [-0.1, -0.05) is 24.3 Å². The predicted molar refractivity (Wildman–Crippen MR) is 51.2 cm³/mol. The highest BCUT2D eigenvalue weighted by Crippen LogP contribution is 2.31. The number of carbonyl (C=O) groups is 1. The van der Waals surface area contributed by atoms with Crippen LogP contribution in [0, 0.1) is 5.92 Å². The van der Waals surface area contributed by atoms with E-state index >= 15 is 0 Å². The third-order valence-electron chi connectivity index (χ3n) is 2.80. The molecule has 2 nitrogen and oxygen atoms in total. The summed E-state index contributed by atoms with van der Waals surface area (Å²) >= 11 is 0. The van der Waals surface area contributed by atoms with Gasteiger partial charge in [0.05, 0.1) is 0 Å². The van der Waals surface area contributed by atoms with Crippen molar-refractivity contribution < 1.29 is 4.79 Å². The van der Waals surface area contributed by atoms with Crippen molar-refractivity contribution in [3.63, 3.8) is 0 Å². The van der Waals surface area contributed by atoms with Crippen molar-refractivity contribution in [1.29, 1.82) is 0 Å². The third kappa shape index (κ3) is 1.38. The Bertz CT molecular complexity index is 322. The van der Waals surface area contributed by atoms with Crippen molar-refractivity contribution >= 4 is 6.29 Å². The summed E-state index contributed by atoms with van der Waals surface area (Å²) < 4.78 is 0. The number of aryl methyl sites for hydroxylation is 1. The van der Waals surface area contributed by atoms with Crippen LogP contribution in [0.5, 0.6) is 0 Å². The molecule has 1 aliphatic rings. The summed E-state index contributed by atoms with van der Waals surface area (Å²) in [6, 6.07) is 8.02. The van der Waals surface area contributed by atoms with Gasteiger partial charge in [-0.15, -0.1) is 0 Å². The largest absolute Gasteiger partial charge is 0.323 e. The van der Waals surface area contributed by atoms with Gasteiger partial charge in [0.2, 0.25) is 0 Å². The van der Waals surface area contributed by atoms with Gasteiger partial charge in [-0.25, -0.2) is 0 Å². The Kier molecular flexibility index (Phi) is 2.15. The predicted octanol–water partition coefficient (Wildman–Crippen LogP) is 1.45. The van der Waals surface area contributed by atoms with E-state index in [9.17, 15) is 4.79 Å². The van der Waals surface area contributed by atoms with E-state index in [1.807, 2.05) is 18.2 Å². The zero-order valence-electron chi connectivity index (χ0n) is 7.44. The Morgan fingerprint density at radius 1 is 1.38 bits per heavy atom. The standard InChI is InChI=1S/C11H13NO/c12-11-9(7-13)6-5-8-3-1-2-4-10(8)11/h1-4,7,9,11H,5-6,12H2/t9-,11+/m0/s1.